The standard InChI is InChI=1S/C38H54N4O9/c1-5-8-14-30(44)39-28(25-48-4)33(26-12-10-9-11-13-26)50-37(47)31-29-15-16-38(51-29)32(31)35(45)42(27(7-3)24-43)34(38)36(46)41(17-6-2)19-18-40-20-22-49-23-21-40/h5-6,9-13,27-29,31-34,43H,1-2,7-8,14-25H2,3-4H3,(H,39,44)/t27-,28+,29+,31-,32-,33+,34+,38-/m0/s1. The third kappa shape index (κ3) is 8.07. The van der Waals surface area contributed by atoms with Crippen molar-refractivity contribution in [1.82, 2.24) is 20.0 Å². The third-order valence-electron chi connectivity index (χ3n) is 10.8. The Hall–Kier alpha value is -3.62. The zero-order valence-corrected chi connectivity index (χ0v) is 30.0. The van der Waals surface area contributed by atoms with Gasteiger partial charge in [0.1, 0.15) is 17.7 Å². The minimum absolute atomic E-state index is 0.0617. The van der Waals surface area contributed by atoms with Crippen LogP contribution in [0.4, 0.5) is 0 Å². The molecule has 4 aliphatic rings. The summed E-state index contributed by atoms with van der Waals surface area (Å²) in [5.41, 5.74) is -0.619. The predicted octanol–water partition coefficient (Wildman–Crippen LogP) is 1.86. The van der Waals surface area contributed by atoms with Crippen molar-refractivity contribution in [2.45, 2.75) is 75.0 Å². The fraction of sp³-hybridized carbons (Fsp3) is 0.632. The number of likely N-dealkylation sites (tertiary alicyclic amines) is 1. The van der Waals surface area contributed by atoms with E-state index in [0.717, 1.165) is 13.1 Å². The van der Waals surface area contributed by atoms with Crippen LogP contribution in [0, 0.1) is 11.8 Å². The lowest BCUT2D eigenvalue weighted by Gasteiger charge is -2.39. The molecule has 1 aromatic rings. The van der Waals surface area contributed by atoms with E-state index in [9.17, 15) is 24.3 Å². The molecule has 13 nitrogen and oxygen atoms in total. The lowest BCUT2D eigenvalue weighted by molar-refractivity contribution is -0.163. The number of amides is 3. The number of hydrogen-bond donors (Lipinski definition) is 2. The van der Waals surface area contributed by atoms with Crippen molar-refractivity contribution < 1.29 is 43.2 Å². The van der Waals surface area contributed by atoms with Gasteiger partial charge in [0.05, 0.1) is 56.5 Å². The maximum atomic E-state index is 14.7. The van der Waals surface area contributed by atoms with Crippen molar-refractivity contribution in [2.75, 3.05) is 66.3 Å². The van der Waals surface area contributed by atoms with Crippen molar-refractivity contribution in [3.8, 4) is 0 Å². The summed E-state index contributed by atoms with van der Waals surface area (Å²) in [4.78, 5) is 62.1. The number of carbonyl (C=O) groups is 4. The number of ether oxygens (including phenoxy) is 4. The lowest BCUT2D eigenvalue weighted by Crippen LogP contribution is -2.59. The number of nitrogens with one attached hydrogen (secondary N) is 1. The number of benzene rings is 1. The molecule has 0 aliphatic carbocycles. The van der Waals surface area contributed by atoms with Gasteiger partial charge in [-0.15, -0.1) is 13.2 Å². The minimum atomic E-state index is -1.27. The highest BCUT2D eigenvalue weighted by Crippen LogP contribution is 2.59. The molecule has 4 aliphatic heterocycles. The number of nitrogens with zero attached hydrogens (tertiary/aromatic N) is 3. The molecule has 51 heavy (non-hydrogen) atoms. The van der Waals surface area contributed by atoms with Gasteiger partial charge in [0, 0.05) is 46.3 Å². The maximum Gasteiger partial charge on any atom is 0.313 e. The van der Waals surface area contributed by atoms with E-state index in [1.54, 1.807) is 17.1 Å². The first-order valence-electron chi connectivity index (χ1n) is 18.2. The largest absolute Gasteiger partial charge is 0.455 e. The summed E-state index contributed by atoms with van der Waals surface area (Å²) in [6.07, 6.45) is 3.71. The zero-order valence-electron chi connectivity index (χ0n) is 30.0. The first kappa shape index (κ1) is 38.6. The summed E-state index contributed by atoms with van der Waals surface area (Å²) in [5.74, 6) is -3.54. The number of carbonyl (C=O) groups excluding carboxylic acids is 4. The van der Waals surface area contributed by atoms with Gasteiger partial charge in [0.2, 0.25) is 17.7 Å². The molecule has 0 aromatic heterocycles. The summed E-state index contributed by atoms with van der Waals surface area (Å²) in [7, 11) is 1.51. The van der Waals surface area contributed by atoms with E-state index >= 15 is 0 Å². The molecule has 1 aromatic carbocycles. The Kier molecular flexibility index (Phi) is 13.4. The normalized spacial score (nSPS) is 27.4. The van der Waals surface area contributed by atoms with Crippen LogP contribution in [-0.2, 0) is 38.1 Å². The molecule has 4 fully saturated rings. The fourth-order valence-electron chi connectivity index (χ4n) is 8.28. The molecule has 0 radical (unpaired) electrons. The van der Waals surface area contributed by atoms with E-state index in [1.807, 2.05) is 37.3 Å². The molecular weight excluding hydrogens is 656 g/mol. The number of hydrogen-bond acceptors (Lipinski definition) is 10. The van der Waals surface area contributed by atoms with Crippen LogP contribution in [0.1, 0.15) is 50.7 Å². The summed E-state index contributed by atoms with van der Waals surface area (Å²) >= 11 is 0. The van der Waals surface area contributed by atoms with Gasteiger partial charge in [-0.25, -0.2) is 0 Å². The molecule has 3 amide bonds. The molecule has 5 rings (SSSR count). The molecule has 1 spiro atoms. The molecule has 13 heteroatoms. The van der Waals surface area contributed by atoms with Crippen LogP contribution in [0.3, 0.4) is 0 Å². The summed E-state index contributed by atoms with van der Waals surface area (Å²) < 4.78 is 23.9. The van der Waals surface area contributed by atoms with E-state index < -0.39 is 59.6 Å². The average molecular weight is 711 g/mol. The molecule has 280 valence electrons. The Bertz CT molecular complexity index is 1380. The van der Waals surface area contributed by atoms with Crippen LogP contribution in [-0.4, -0.2) is 140 Å². The number of fused-ring (bicyclic) bond motifs is 1. The Morgan fingerprint density at radius 3 is 2.57 bits per heavy atom. The summed E-state index contributed by atoms with van der Waals surface area (Å²) in [5, 5.41) is 13.4. The van der Waals surface area contributed by atoms with E-state index in [4.69, 9.17) is 18.9 Å². The highest BCUT2D eigenvalue weighted by molar-refractivity contribution is 5.98. The molecule has 2 N–H and O–H groups in total. The van der Waals surface area contributed by atoms with Gasteiger partial charge in [0.15, 0.2) is 0 Å². The van der Waals surface area contributed by atoms with E-state index in [0.29, 0.717) is 57.6 Å². The Morgan fingerprint density at radius 1 is 1.18 bits per heavy atom. The van der Waals surface area contributed by atoms with Crippen molar-refractivity contribution in [1.29, 1.82) is 0 Å². The molecule has 4 heterocycles. The first-order valence-corrected chi connectivity index (χ1v) is 18.2. The smallest absolute Gasteiger partial charge is 0.313 e. The van der Waals surface area contributed by atoms with E-state index in [2.05, 4.69) is 23.4 Å². The van der Waals surface area contributed by atoms with Crippen molar-refractivity contribution >= 4 is 23.7 Å². The zero-order chi connectivity index (χ0) is 36.5. The predicted molar refractivity (Wildman–Crippen MR) is 188 cm³/mol. The van der Waals surface area contributed by atoms with Crippen LogP contribution in [0.25, 0.3) is 0 Å². The second kappa shape index (κ2) is 17.7. The molecule has 2 bridgehead atoms. The molecule has 0 unspecified atom stereocenters. The first-order chi connectivity index (χ1) is 24.7. The number of aliphatic hydroxyl groups excluding tert-OH is 1. The summed E-state index contributed by atoms with van der Waals surface area (Å²) in [6, 6.07) is 6.69. The Morgan fingerprint density at radius 2 is 1.92 bits per heavy atom. The number of methoxy groups -OCH3 is 1. The quantitative estimate of drug-likeness (QED) is 0.161. The monoisotopic (exact) mass is 710 g/mol. The third-order valence-corrected chi connectivity index (χ3v) is 10.8. The van der Waals surface area contributed by atoms with Gasteiger partial charge in [0.25, 0.3) is 0 Å². The number of esters is 1. The van der Waals surface area contributed by atoms with Gasteiger partial charge in [-0.2, -0.15) is 0 Å². The molecular formula is C38H54N4O9. The van der Waals surface area contributed by atoms with Gasteiger partial charge in [-0.05, 0) is 31.2 Å². The van der Waals surface area contributed by atoms with Gasteiger partial charge < -0.3 is 39.2 Å². The highest BCUT2D eigenvalue weighted by atomic mass is 16.6. The summed E-state index contributed by atoms with van der Waals surface area (Å²) in [6.45, 7) is 13.2. The van der Waals surface area contributed by atoms with Crippen molar-refractivity contribution in [2.24, 2.45) is 11.8 Å². The van der Waals surface area contributed by atoms with Crippen LogP contribution < -0.4 is 5.32 Å². The van der Waals surface area contributed by atoms with Crippen molar-refractivity contribution in [3.63, 3.8) is 0 Å². The van der Waals surface area contributed by atoms with Crippen LogP contribution in [0.15, 0.2) is 55.6 Å². The number of morpholine rings is 1. The average Bonchev–Trinajstić information content (AvgIpc) is 3.80. The minimum Gasteiger partial charge on any atom is -0.455 e. The van der Waals surface area contributed by atoms with Crippen LogP contribution in [0.2, 0.25) is 0 Å². The Balaban J connectivity index is 1.45. The van der Waals surface area contributed by atoms with Crippen LogP contribution >= 0.6 is 0 Å². The number of allylic oxidation sites excluding steroid dienone is 1. The Labute approximate surface area is 300 Å². The second-order valence-electron chi connectivity index (χ2n) is 13.8. The highest BCUT2D eigenvalue weighted by Gasteiger charge is 2.75. The van der Waals surface area contributed by atoms with E-state index in [1.165, 1.54) is 12.0 Å². The van der Waals surface area contributed by atoms with Gasteiger partial charge >= 0.3 is 5.97 Å². The molecule has 0 saturated carbocycles. The van der Waals surface area contributed by atoms with Gasteiger partial charge in [-0.3, -0.25) is 24.1 Å². The lowest BCUT2D eigenvalue weighted by atomic mass is 9.70. The van der Waals surface area contributed by atoms with Crippen LogP contribution in [0.5, 0.6) is 0 Å². The fourth-order valence-corrected chi connectivity index (χ4v) is 8.28. The number of aliphatic hydroxyl groups is 1. The molecule has 8 atom stereocenters. The second-order valence-corrected chi connectivity index (χ2v) is 13.8. The van der Waals surface area contributed by atoms with E-state index in [-0.39, 0.29) is 38.0 Å². The SMILES string of the molecule is C=CCCC(=O)N[C@H](COC)[C@H](OC(=O)[C@@H]1[C@H]2C(=O)N([C@@H](CC)CO)[C@H](C(=O)N(CC=C)CCN3CCOCC3)[C@]23CC[C@H]1O3)c1ccccc1. The van der Waals surface area contributed by atoms with Gasteiger partial charge in [-0.1, -0.05) is 49.4 Å². The van der Waals surface area contributed by atoms with Crippen molar-refractivity contribution in [3.05, 3.63) is 61.2 Å². The molecule has 4 saturated heterocycles. The number of rotatable bonds is 19. The topological polar surface area (TPSA) is 147 Å². The maximum absolute atomic E-state index is 14.7.